The monoisotopic (exact) mass is 476 g/mol. The molecule has 0 aromatic heterocycles. The number of para-hydroxylation sites is 1. The minimum atomic E-state index is -0.492. The molecular weight excluding hydrogens is 461 g/mol. The quantitative estimate of drug-likeness (QED) is 0.372. The van der Waals surface area contributed by atoms with E-state index < -0.39 is 11.9 Å². The Hall–Kier alpha value is -0.918. The van der Waals surface area contributed by atoms with Gasteiger partial charge >= 0.3 is 39.2 Å². The molecule has 1 aromatic rings. The summed E-state index contributed by atoms with van der Waals surface area (Å²) in [5, 5.41) is 0. The van der Waals surface area contributed by atoms with Crippen LogP contribution in [0.15, 0.2) is 24.3 Å². The summed E-state index contributed by atoms with van der Waals surface area (Å²) in [6.45, 7) is 1.58. The molecule has 0 heterocycles. The third kappa shape index (κ3) is 5.76. The summed E-state index contributed by atoms with van der Waals surface area (Å²) >= 11 is 0. The van der Waals surface area contributed by atoms with Crippen LogP contribution in [0.1, 0.15) is 23.7 Å². The zero-order valence-electron chi connectivity index (χ0n) is 11.7. The fraction of sp³-hybridized carbons (Fsp3) is 0.188. The predicted molar refractivity (Wildman–Crippen MR) is 78.8 cm³/mol. The zero-order chi connectivity index (χ0) is 14.4. The van der Waals surface area contributed by atoms with Gasteiger partial charge in [-0.25, -0.2) is 4.79 Å². The summed E-state index contributed by atoms with van der Waals surface area (Å²) in [4.78, 5) is 22.9. The average molecular weight is 476 g/mol. The van der Waals surface area contributed by atoms with Crippen LogP contribution in [-0.2, 0) is 9.53 Å². The van der Waals surface area contributed by atoms with Gasteiger partial charge in [-0.15, -0.1) is 0 Å². The first kappa shape index (κ1) is 18.1. The normalized spacial score (nSPS) is 14.3. The van der Waals surface area contributed by atoms with Gasteiger partial charge in [0.15, 0.2) is 0 Å². The van der Waals surface area contributed by atoms with Gasteiger partial charge in [-0.05, 0) is 50.2 Å². The Bertz CT molecular complexity index is 481. The van der Waals surface area contributed by atoms with E-state index in [0.717, 1.165) is 5.92 Å². The first-order valence-corrected chi connectivity index (χ1v) is 6.32. The number of carbonyl (C=O) groups excluding carboxylic acids is 2. The summed E-state index contributed by atoms with van der Waals surface area (Å²) in [5.74, 6) is 0.375. The molecule has 5 radical (unpaired) electrons. The van der Waals surface area contributed by atoms with Crippen molar-refractivity contribution in [2.24, 2.45) is 0 Å². The van der Waals surface area contributed by atoms with Crippen molar-refractivity contribution in [3.63, 3.8) is 0 Å². The third-order valence-corrected chi connectivity index (χ3v) is 2.72. The Morgan fingerprint density at radius 3 is 2.43 bits per heavy atom. The SMILES string of the molecule is CC(=O)Oc1ccccc1C(=O)OCC[C]1[CH][CH][CH][CH]1.[Tl+]. The molecule has 0 atom stereocenters. The fourth-order valence-electron chi connectivity index (χ4n) is 1.80. The molecular formula is C16H15O4Tl+. The van der Waals surface area contributed by atoms with Crippen LogP contribution in [-0.4, -0.2) is 45.8 Å². The van der Waals surface area contributed by atoms with Gasteiger partial charge in [-0.2, -0.15) is 0 Å². The molecule has 21 heavy (non-hydrogen) atoms. The molecule has 0 N–H and O–H groups in total. The van der Waals surface area contributed by atoms with E-state index in [0.29, 0.717) is 6.42 Å². The van der Waals surface area contributed by atoms with Crippen molar-refractivity contribution in [3.8, 4) is 5.75 Å². The second-order valence-electron chi connectivity index (χ2n) is 4.27. The maximum atomic E-state index is 12.0. The summed E-state index contributed by atoms with van der Waals surface area (Å²) in [7, 11) is 0. The van der Waals surface area contributed by atoms with E-state index >= 15 is 0 Å². The number of ether oxygens (including phenoxy) is 2. The van der Waals surface area contributed by atoms with Crippen molar-refractivity contribution >= 4 is 39.2 Å². The van der Waals surface area contributed by atoms with Gasteiger partial charge in [0, 0.05) is 6.92 Å². The van der Waals surface area contributed by atoms with Crippen molar-refractivity contribution < 1.29 is 19.1 Å². The van der Waals surface area contributed by atoms with Crippen LogP contribution in [0.5, 0.6) is 5.75 Å². The van der Waals surface area contributed by atoms with E-state index in [-0.39, 0.29) is 45.2 Å². The Morgan fingerprint density at radius 1 is 1.10 bits per heavy atom. The molecule has 0 bridgehead atoms. The van der Waals surface area contributed by atoms with Gasteiger partial charge in [0.25, 0.3) is 0 Å². The smallest absolute Gasteiger partial charge is 0.462 e. The van der Waals surface area contributed by atoms with Gasteiger partial charge < -0.3 is 9.47 Å². The first-order chi connectivity index (χ1) is 9.66. The molecule has 0 amide bonds. The summed E-state index contributed by atoms with van der Waals surface area (Å²) in [6, 6.07) is 6.53. The zero-order valence-corrected chi connectivity index (χ0v) is 16.2. The molecule has 4 nitrogen and oxygen atoms in total. The van der Waals surface area contributed by atoms with Gasteiger partial charge in [-0.1, -0.05) is 12.1 Å². The molecule has 2 rings (SSSR count). The largest absolute Gasteiger partial charge is 1.00 e. The van der Waals surface area contributed by atoms with E-state index in [1.165, 1.54) is 6.92 Å². The van der Waals surface area contributed by atoms with Gasteiger partial charge in [-0.3, -0.25) is 4.79 Å². The molecule has 1 saturated carbocycles. The van der Waals surface area contributed by atoms with E-state index in [1.54, 1.807) is 24.3 Å². The van der Waals surface area contributed by atoms with E-state index in [1.807, 2.05) is 25.7 Å². The average Bonchev–Trinajstić information content (AvgIpc) is 2.91. The second kappa shape index (κ2) is 9.17. The Morgan fingerprint density at radius 2 is 1.76 bits per heavy atom. The van der Waals surface area contributed by atoms with E-state index in [2.05, 4.69) is 0 Å². The Labute approximate surface area is 145 Å². The molecule has 1 aromatic carbocycles. The summed E-state index contributed by atoms with van der Waals surface area (Å²) in [6.07, 6.45) is 8.48. The van der Waals surface area contributed by atoms with Crippen molar-refractivity contribution in [2.75, 3.05) is 6.61 Å². The Balaban J connectivity index is 0.00000220. The third-order valence-electron chi connectivity index (χ3n) is 2.72. The molecule has 1 fully saturated rings. The molecule has 0 spiro atoms. The number of hydrogen-bond acceptors (Lipinski definition) is 4. The van der Waals surface area contributed by atoms with Crippen LogP contribution in [0.3, 0.4) is 0 Å². The second-order valence-corrected chi connectivity index (χ2v) is 4.27. The number of hydrogen-bond donors (Lipinski definition) is 0. The fourth-order valence-corrected chi connectivity index (χ4v) is 1.80. The number of rotatable bonds is 5. The molecule has 1 aliphatic rings. The molecule has 0 aliphatic heterocycles. The van der Waals surface area contributed by atoms with E-state index in [4.69, 9.17) is 9.47 Å². The molecule has 105 valence electrons. The maximum absolute atomic E-state index is 12.0. The van der Waals surface area contributed by atoms with Crippen molar-refractivity contribution in [1.29, 1.82) is 0 Å². The van der Waals surface area contributed by atoms with Gasteiger partial charge in [0.1, 0.15) is 11.3 Å². The Kier molecular flexibility index (Phi) is 7.92. The van der Waals surface area contributed by atoms with Crippen LogP contribution < -0.4 is 4.74 Å². The maximum Gasteiger partial charge on any atom is 1.00 e. The van der Waals surface area contributed by atoms with Crippen LogP contribution in [0.25, 0.3) is 0 Å². The molecule has 0 unspecified atom stereocenters. The predicted octanol–water partition coefficient (Wildman–Crippen LogP) is 2.18. The number of esters is 2. The van der Waals surface area contributed by atoms with Crippen LogP contribution in [0.4, 0.5) is 0 Å². The first-order valence-electron chi connectivity index (χ1n) is 6.32. The standard InChI is InChI=1S/C16H15O4.Tl/c1-12(17)20-15-9-5-4-8-14(15)16(18)19-11-10-13-6-2-3-7-13;/h2-9H,10-11H2,1H3;/q;+1. The summed E-state index contributed by atoms with van der Waals surface area (Å²) < 4.78 is 10.2. The van der Waals surface area contributed by atoms with Crippen LogP contribution in [0, 0.1) is 31.6 Å². The number of benzene rings is 1. The molecule has 5 heteroatoms. The van der Waals surface area contributed by atoms with E-state index in [9.17, 15) is 9.59 Å². The van der Waals surface area contributed by atoms with Gasteiger partial charge in [0.05, 0.1) is 6.61 Å². The number of carbonyl (C=O) groups is 2. The molecule has 0 saturated heterocycles. The van der Waals surface area contributed by atoms with Gasteiger partial charge in [0.2, 0.25) is 0 Å². The van der Waals surface area contributed by atoms with Crippen molar-refractivity contribution in [1.82, 2.24) is 0 Å². The van der Waals surface area contributed by atoms with Crippen LogP contribution in [0.2, 0.25) is 0 Å². The topological polar surface area (TPSA) is 52.6 Å². The van der Waals surface area contributed by atoms with Crippen LogP contribution >= 0.6 is 0 Å². The minimum absolute atomic E-state index is 0. The van der Waals surface area contributed by atoms with Crippen molar-refractivity contribution in [2.45, 2.75) is 13.3 Å². The molecule has 1 aliphatic carbocycles. The summed E-state index contributed by atoms with van der Waals surface area (Å²) in [5.41, 5.74) is 0.255. The minimum Gasteiger partial charge on any atom is -0.462 e. The van der Waals surface area contributed by atoms with Crippen molar-refractivity contribution in [3.05, 3.63) is 61.4 Å².